The van der Waals surface area contributed by atoms with E-state index >= 15 is 0 Å². The van der Waals surface area contributed by atoms with Crippen molar-refractivity contribution in [1.29, 1.82) is 0 Å². The van der Waals surface area contributed by atoms with Crippen LogP contribution in [0.1, 0.15) is 32.6 Å². The van der Waals surface area contributed by atoms with Crippen LogP contribution < -0.4 is 0 Å². The van der Waals surface area contributed by atoms with Crippen LogP contribution in [0.2, 0.25) is 0 Å². The Morgan fingerprint density at radius 2 is 2.06 bits per heavy atom. The van der Waals surface area contributed by atoms with E-state index in [1.54, 1.807) is 10.9 Å². The summed E-state index contributed by atoms with van der Waals surface area (Å²) >= 11 is 0. The minimum Gasteiger partial charge on any atom is -0.438 e. The van der Waals surface area contributed by atoms with Crippen molar-refractivity contribution in [3.63, 3.8) is 0 Å². The van der Waals surface area contributed by atoms with E-state index in [9.17, 15) is 4.79 Å². The molecule has 31 heavy (non-hydrogen) atoms. The molecule has 2 saturated heterocycles. The summed E-state index contributed by atoms with van der Waals surface area (Å²) in [4.78, 5) is 22.1. The average Bonchev–Trinajstić information content (AvgIpc) is 3.36. The Hall–Kier alpha value is -2.76. The lowest BCUT2D eigenvalue weighted by molar-refractivity contribution is -0.214. The molecule has 4 heterocycles. The maximum absolute atomic E-state index is 11.6. The summed E-state index contributed by atoms with van der Waals surface area (Å²) in [6.45, 7) is 5.47. The Balaban J connectivity index is 1.70. The van der Waals surface area contributed by atoms with Crippen LogP contribution in [0.25, 0.3) is 5.52 Å². The Labute approximate surface area is 179 Å². The molecule has 0 aliphatic carbocycles. The lowest BCUT2D eigenvalue weighted by Crippen LogP contribution is -2.45. The van der Waals surface area contributed by atoms with Gasteiger partial charge in [0.05, 0.1) is 19.1 Å². The zero-order valence-electron chi connectivity index (χ0n) is 18.4. The molecule has 2 aliphatic rings. The van der Waals surface area contributed by atoms with Gasteiger partial charge in [-0.1, -0.05) is 0 Å². The monoisotopic (exact) mass is 433 g/mol. The topological polar surface area (TPSA) is 109 Å². The van der Waals surface area contributed by atoms with Crippen molar-refractivity contribution in [2.45, 2.75) is 50.5 Å². The van der Waals surface area contributed by atoms with Crippen molar-refractivity contribution >= 4 is 23.8 Å². The predicted molar refractivity (Wildman–Crippen MR) is 109 cm³/mol. The van der Waals surface area contributed by atoms with Gasteiger partial charge in [-0.25, -0.2) is 19.3 Å². The molecule has 168 valence electrons. The molecule has 0 amide bonds. The van der Waals surface area contributed by atoms with Crippen LogP contribution in [-0.4, -0.2) is 83.4 Å². The average molecular weight is 433 g/mol. The second kappa shape index (κ2) is 7.74. The van der Waals surface area contributed by atoms with Gasteiger partial charge in [0, 0.05) is 14.1 Å². The molecule has 0 radical (unpaired) electrons. The van der Waals surface area contributed by atoms with Gasteiger partial charge in [-0.15, -0.1) is 0 Å². The molecule has 0 N–H and O–H groups in total. The third-order valence-electron chi connectivity index (χ3n) is 5.23. The van der Waals surface area contributed by atoms with E-state index in [2.05, 4.69) is 19.8 Å². The summed E-state index contributed by atoms with van der Waals surface area (Å²) < 4.78 is 30.2. The number of rotatable bonds is 5. The Morgan fingerprint density at radius 1 is 1.29 bits per heavy atom. The number of hydrogen-bond acceptors (Lipinski definition) is 9. The third-order valence-corrected chi connectivity index (χ3v) is 5.23. The number of fused-ring (bicyclic) bond motifs is 2. The molecule has 11 nitrogen and oxygen atoms in total. The van der Waals surface area contributed by atoms with Crippen molar-refractivity contribution in [2.75, 3.05) is 27.8 Å². The molecule has 0 spiro atoms. The highest BCUT2D eigenvalue weighted by Crippen LogP contribution is 2.50. The van der Waals surface area contributed by atoms with Crippen LogP contribution in [0, 0.1) is 0 Å². The molecule has 0 unspecified atom stereocenters. The van der Waals surface area contributed by atoms with Gasteiger partial charge in [0.1, 0.15) is 42.4 Å². The fourth-order valence-electron chi connectivity index (χ4n) is 3.94. The van der Waals surface area contributed by atoms with Crippen molar-refractivity contribution in [1.82, 2.24) is 19.5 Å². The summed E-state index contributed by atoms with van der Waals surface area (Å²) in [6, 6.07) is 3.79. The highest BCUT2D eigenvalue weighted by molar-refractivity contribution is 5.70. The first-order valence-corrected chi connectivity index (χ1v) is 9.91. The molecule has 4 atom stereocenters. The summed E-state index contributed by atoms with van der Waals surface area (Å²) in [5.41, 5.74) is 0.547. The number of ether oxygens (including phenoxy) is 5. The van der Waals surface area contributed by atoms with Gasteiger partial charge in [0.2, 0.25) is 0 Å². The van der Waals surface area contributed by atoms with Gasteiger partial charge in [-0.3, -0.25) is 0 Å². The minimum atomic E-state index is -0.944. The summed E-state index contributed by atoms with van der Waals surface area (Å²) in [6.07, 6.45) is 0.933. The van der Waals surface area contributed by atoms with Gasteiger partial charge < -0.3 is 28.6 Å². The number of hydrogen-bond donors (Lipinski definition) is 0. The lowest BCUT2D eigenvalue weighted by Gasteiger charge is -2.30. The van der Waals surface area contributed by atoms with Gasteiger partial charge in [-0.05, 0) is 32.9 Å². The number of nitrogens with zero attached hydrogens (tertiary/aromatic N) is 5. The van der Waals surface area contributed by atoms with Crippen LogP contribution in [0.3, 0.4) is 0 Å². The highest BCUT2D eigenvalue weighted by Gasteiger charge is 2.62. The maximum atomic E-state index is 11.6. The molecule has 2 aliphatic heterocycles. The molecule has 4 rings (SSSR count). The normalized spacial score (nSPS) is 29.4. The largest absolute Gasteiger partial charge is 0.508 e. The molecule has 2 fully saturated rings. The van der Waals surface area contributed by atoms with E-state index in [0.29, 0.717) is 5.82 Å². The number of carbonyl (C=O) groups excluding carboxylic acids is 1. The van der Waals surface area contributed by atoms with E-state index < -0.39 is 35.9 Å². The van der Waals surface area contributed by atoms with Crippen molar-refractivity contribution in [3.8, 4) is 0 Å². The molecule has 2 aromatic rings. The molecule has 2 aromatic heterocycles. The fraction of sp³-hybridized carbons (Fsp3) is 0.600. The lowest BCUT2D eigenvalue weighted by atomic mass is 9.97. The first-order chi connectivity index (χ1) is 14.6. The number of aromatic nitrogens is 3. The zero-order valence-corrected chi connectivity index (χ0v) is 18.4. The standard InChI is InChI=1S/C20H27N5O6/c1-19(2)29-15-14(30-20(3,16(15)31-19)9-28-18(26)27-6)12-7-8-13-17(22-11-24(4)5)21-10-23-25(12)13/h7-8,10-11,14-16H,9H2,1-6H3/t14-,15-,16-,20+/m0/s1. The van der Waals surface area contributed by atoms with Crippen LogP contribution in [0.15, 0.2) is 23.5 Å². The van der Waals surface area contributed by atoms with Crippen molar-refractivity contribution in [3.05, 3.63) is 24.2 Å². The number of carbonyl (C=O) groups is 1. The van der Waals surface area contributed by atoms with E-state index in [-0.39, 0.29) is 6.61 Å². The first kappa shape index (κ1) is 21.5. The molecule has 0 aromatic carbocycles. The molecular formula is C20H27N5O6. The first-order valence-electron chi connectivity index (χ1n) is 9.91. The maximum Gasteiger partial charge on any atom is 0.508 e. The highest BCUT2D eigenvalue weighted by atomic mass is 16.8. The zero-order chi connectivity index (χ0) is 22.4. The third kappa shape index (κ3) is 3.95. The van der Waals surface area contributed by atoms with Gasteiger partial charge in [0.15, 0.2) is 11.6 Å². The van der Waals surface area contributed by atoms with E-state index in [1.807, 2.05) is 51.9 Å². The Kier molecular flexibility index (Phi) is 5.36. The van der Waals surface area contributed by atoms with E-state index in [0.717, 1.165) is 11.2 Å². The Morgan fingerprint density at radius 3 is 2.77 bits per heavy atom. The van der Waals surface area contributed by atoms with Crippen molar-refractivity contribution in [2.24, 2.45) is 4.99 Å². The van der Waals surface area contributed by atoms with Crippen LogP contribution in [0.5, 0.6) is 0 Å². The second-order valence-electron chi connectivity index (χ2n) is 8.46. The smallest absolute Gasteiger partial charge is 0.438 e. The number of aliphatic imine (C=N–C) groups is 1. The number of methoxy groups -OCH3 is 1. The van der Waals surface area contributed by atoms with E-state index in [4.69, 9.17) is 18.9 Å². The second-order valence-corrected chi connectivity index (χ2v) is 8.46. The van der Waals surface area contributed by atoms with Gasteiger partial charge >= 0.3 is 6.16 Å². The fourth-order valence-corrected chi connectivity index (χ4v) is 3.94. The van der Waals surface area contributed by atoms with Crippen LogP contribution >= 0.6 is 0 Å². The minimum absolute atomic E-state index is 0.0482. The van der Waals surface area contributed by atoms with Gasteiger partial charge in [0.25, 0.3) is 0 Å². The molecule has 11 heteroatoms. The van der Waals surface area contributed by atoms with Crippen molar-refractivity contribution < 1.29 is 28.5 Å². The summed E-state index contributed by atoms with van der Waals surface area (Å²) in [7, 11) is 5.02. The predicted octanol–water partition coefficient (Wildman–Crippen LogP) is 2.08. The molecular weight excluding hydrogens is 406 g/mol. The van der Waals surface area contributed by atoms with E-state index in [1.165, 1.54) is 13.4 Å². The van der Waals surface area contributed by atoms with Crippen LogP contribution in [0.4, 0.5) is 10.6 Å². The summed E-state index contributed by atoms with van der Waals surface area (Å²) in [5.74, 6) is -0.280. The summed E-state index contributed by atoms with van der Waals surface area (Å²) in [5, 5.41) is 4.40. The molecule has 0 saturated carbocycles. The SMILES string of the molecule is COC(=O)OC[C@@]1(C)O[C@@H](c2ccc3c(N=CN(C)C)ncnn23)[C@@H]2OC(C)(C)O[C@@H]21. The van der Waals surface area contributed by atoms with Gasteiger partial charge in [-0.2, -0.15) is 5.10 Å². The van der Waals surface area contributed by atoms with Crippen LogP contribution in [-0.2, 0) is 23.7 Å². The Bertz CT molecular complexity index is 1010. The quantitative estimate of drug-likeness (QED) is 0.398. The molecule has 0 bridgehead atoms.